The van der Waals surface area contributed by atoms with Crippen LogP contribution in [0.4, 0.5) is 0 Å². The van der Waals surface area contributed by atoms with E-state index in [-0.39, 0.29) is 0 Å². The van der Waals surface area contributed by atoms with Gasteiger partial charge in [-0.2, -0.15) is 0 Å². The SMILES string of the molecule is NCC(C1CCCC1)C1CCNCC1. The molecule has 0 aromatic rings. The topological polar surface area (TPSA) is 38.0 Å². The summed E-state index contributed by atoms with van der Waals surface area (Å²) in [4.78, 5) is 0. The van der Waals surface area contributed by atoms with Gasteiger partial charge in [-0.15, -0.1) is 0 Å². The Labute approximate surface area is 87.6 Å². The van der Waals surface area contributed by atoms with Crippen molar-refractivity contribution in [3.63, 3.8) is 0 Å². The van der Waals surface area contributed by atoms with E-state index < -0.39 is 0 Å². The Morgan fingerprint density at radius 3 is 2.14 bits per heavy atom. The minimum atomic E-state index is 0.833. The van der Waals surface area contributed by atoms with Gasteiger partial charge < -0.3 is 11.1 Å². The Morgan fingerprint density at radius 1 is 1.00 bits per heavy atom. The van der Waals surface area contributed by atoms with E-state index in [2.05, 4.69) is 5.32 Å². The van der Waals surface area contributed by atoms with Gasteiger partial charge >= 0.3 is 0 Å². The van der Waals surface area contributed by atoms with Crippen LogP contribution >= 0.6 is 0 Å². The summed E-state index contributed by atoms with van der Waals surface area (Å²) in [5, 5.41) is 3.44. The summed E-state index contributed by atoms with van der Waals surface area (Å²) in [6.45, 7) is 3.36. The molecule has 1 atom stereocenters. The zero-order valence-corrected chi connectivity index (χ0v) is 9.17. The molecular weight excluding hydrogens is 172 g/mol. The van der Waals surface area contributed by atoms with Gasteiger partial charge in [0.05, 0.1) is 0 Å². The lowest BCUT2D eigenvalue weighted by Crippen LogP contribution is -2.37. The van der Waals surface area contributed by atoms with Gasteiger partial charge in [0.15, 0.2) is 0 Å². The smallest absolute Gasteiger partial charge is 0.00435 e. The maximum atomic E-state index is 5.96. The maximum Gasteiger partial charge on any atom is -0.00435 e. The van der Waals surface area contributed by atoms with E-state index >= 15 is 0 Å². The highest BCUT2D eigenvalue weighted by molar-refractivity contribution is 4.83. The second-order valence-corrected chi connectivity index (χ2v) is 5.03. The number of piperidine rings is 1. The molecule has 0 spiro atoms. The van der Waals surface area contributed by atoms with Gasteiger partial charge in [0.2, 0.25) is 0 Å². The van der Waals surface area contributed by atoms with Gasteiger partial charge in [0.25, 0.3) is 0 Å². The summed E-state index contributed by atoms with van der Waals surface area (Å²) in [7, 11) is 0. The highest BCUT2D eigenvalue weighted by Crippen LogP contribution is 2.37. The average Bonchev–Trinajstić information content (AvgIpc) is 2.74. The van der Waals surface area contributed by atoms with E-state index in [0.717, 1.165) is 24.3 Å². The molecule has 0 amide bonds. The minimum Gasteiger partial charge on any atom is -0.330 e. The molecule has 14 heavy (non-hydrogen) atoms. The standard InChI is InChI=1S/C12H24N2/c13-9-12(10-3-1-2-4-10)11-5-7-14-8-6-11/h10-12,14H,1-9,13H2. The van der Waals surface area contributed by atoms with Crippen LogP contribution in [0, 0.1) is 17.8 Å². The monoisotopic (exact) mass is 196 g/mol. The van der Waals surface area contributed by atoms with E-state index in [4.69, 9.17) is 5.73 Å². The Hall–Kier alpha value is -0.0800. The first-order chi connectivity index (χ1) is 6.92. The quantitative estimate of drug-likeness (QED) is 0.721. The van der Waals surface area contributed by atoms with Crippen molar-refractivity contribution >= 4 is 0 Å². The maximum absolute atomic E-state index is 5.96. The van der Waals surface area contributed by atoms with Gasteiger partial charge in [0.1, 0.15) is 0 Å². The molecule has 2 rings (SSSR count). The molecule has 1 saturated carbocycles. The normalized spacial score (nSPS) is 28.1. The van der Waals surface area contributed by atoms with E-state index in [1.54, 1.807) is 0 Å². The number of nitrogens with two attached hydrogens (primary N) is 1. The van der Waals surface area contributed by atoms with Crippen molar-refractivity contribution in [2.24, 2.45) is 23.5 Å². The molecule has 1 unspecified atom stereocenters. The van der Waals surface area contributed by atoms with Crippen LogP contribution in [-0.2, 0) is 0 Å². The molecule has 2 fully saturated rings. The van der Waals surface area contributed by atoms with E-state index in [9.17, 15) is 0 Å². The average molecular weight is 196 g/mol. The molecule has 2 heteroatoms. The van der Waals surface area contributed by atoms with Gasteiger partial charge in [-0.1, -0.05) is 25.7 Å². The second kappa shape index (κ2) is 5.13. The van der Waals surface area contributed by atoms with Crippen molar-refractivity contribution in [2.75, 3.05) is 19.6 Å². The minimum absolute atomic E-state index is 0.833. The number of hydrogen-bond acceptors (Lipinski definition) is 2. The fourth-order valence-corrected chi connectivity index (χ4v) is 3.43. The van der Waals surface area contributed by atoms with E-state index in [1.807, 2.05) is 0 Å². The van der Waals surface area contributed by atoms with Crippen molar-refractivity contribution in [1.82, 2.24) is 5.32 Å². The molecule has 3 N–H and O–H groups in total. The van der Waals surface area contributed by atoms with Crippen LogP contribution in [0.15, 0.2) is 0 Å². The van der Waals surface area contributed by atoms with Gasteiger partial charge in [-0.3, -0.25) is 0 Å². The molecule has 0 radical (unpaired) electrons. The first-order valence-corrected chi connectivity index (χ1v) is 6.32. The number of rotatable bonds is 3. The van der Waals surface area contributed by atoms with Crippen LogP contribution in [-0.4, -0.2) is 19.6 Å². The molecule has 1 aliphatic carbocycles. The highest BCUT2D eigenvalue weighted by atomic mass is 14.9. The Morgan fingerprint density at radius 2 is 1.57 bits per heavy atom. The van der Waals surface area contributed by atoms with Crippen molar-refractivity contribution < 1.29 is 0 Å². The fraction of sp³-hybridized carbons (Fsp3) is 1.00. The zero-order valence-electron chi connectivity index (χ0n) is 9.17. The molecule has 2 nitrogen and oxygen atoms in total. The van der Waals surface area contributed by atoms with Crippen LogP contribution in [0.25, 0.3) is 0 Å². The van der Waals surface area contributed by atoms with Crippen molar-refractivity contribution in [2.45, 2.75) is 38.5 Å². The van der Waals surface area contributed by atoms with Crippen LogP contribution in [0.1, 0.15) is 38.5 Å². The summed E-state index contributed by atoms with van der Waals surface area (Å²) in [5.41, 5.74) is 5.96. The molecular formula is C12H24N2. The molecule has 1 saturated heterocycles. The summed E-state index contributed by atoms with van der Waals surface area (Å²) in [6.07, 6.45) is 8.52. The summed E-state index contributed by atoms with van der Waals surface area (Å²) >= 11 is 0. The third-order valence-electron chi connectivity index (χ3n) is 4.27. The van der Waals surface area contributed by atoms with E-state index in [0.29, 0.717) is 0 Å². The lowest BCUT2D eigenvalue weighted by molar-refractivity contribution is 0.192. The third-order valence-corrected chi connectivity index (χ3v) is 4.27. The van der Waals surface area contributed by atoms with Crippen molar-refractivity contribution in [3.05, 3.63) is 0 Å². The van der Waals surface area contributed by atoms with Crippen molar-refractivity contribution in [1.29, 1.82) is 0 Å². The molecule has 2 aliphatic rings. The molecule has 82 valence electrons. The Bertz CT molecular complexity index is 158. The fourth-order valence-electron chi connectivity index (χ4n) is 3.43. The largest absolute Gasteiger partial charge is 0.330 e. The third kappa shape index (κ3) is 2.29. The van der Waals surface area contributed by atoms with Crippen LogP contribution in [0.2, 0.25) is 0 Å². The molecule has 0 aromatic carbocycles. The van der Waals surface area contributed by atoms with Gasteiger partial charge in [-0.25, -0.2) is 0 Å². The lowest BCUT2D eigenvalue weighted by Gasteiger charge is -2.33. The molecule has 1 aliphatic heterocycles. The lowest BCUT2D eigenvalue weighted by atomic mass is 9.76. The summed E-state index contributed by atoms with van der Waals surface area (Å²) < 4.78 is 0. The van der Waals surface area contributed by atoms with E-state index in [1.165, 1.54) is 51.6 Å². The number of hydrogen-bond donors (Lipinski definition) is 2. The van der Waals surface area contributed by atoms with Crippen molar-refractivity contribution in [3.8, 4) is 0 Å². The Balaban J connectivity index is 1.89. The predicted molar refractivity (Wildman–Crippen MR) is 60.1 cm³/mol. The van der Waals surface area contributed by atoms with Gasteiger partial charge in [-0.05, 0) is 50.2 Å². The summed E-state index contributed by atoms with van der Waals surface area (Å²) in [6, 6.07) is 0. The molecule has 1 heterocycles. The Kier molecular flexibility index (Phi) is 3.82. The van der Waals surface area contributed by atoms with Gasteiger partial charge in [0, 0.05) is 0 Å². The zero-order chi connectivity index (χ0) is 9.80. The first-order valence-electron chi connectivity index (χ1n) is 6.32. The molecule has 0 bridgehead atoms. The second-order valence-electron chi connectivity index (χ2n) is 5.03. The molecule has 0 aromatic heterocycles. The number of nitrogens with one attached hydrogen (secondary N) is 1. The van der Waals surface area contributed by atoms with Crippen LogP contribution in [0.3, 0.4) is 0 Å². The van der Waals surface area contributed by atoms with Crippen LogP contribution in [0.5, 0.6) is 0 Å². The highest BCUT2D eigenvalue weighted by Gasteiger charge is 2.30. The summed E-state index contributed by atoms with van der Waals surface area (Å²) in [5.74, 6) is 2.71. The first kappa shape index (κ1) is 10.4. The predicted octanol–water partition coefficient (Wildman–Crippen LogP) is 1.75. The van der Waals surface area contributed by atoms with Crippen LogP contribution < -0.4 is 11.1 Å².